The fourth-order valence-electron chi connectivity index (χ4n) is 14.2. The van der Waals surface area contributed by atoms with E-state index in [4.69, 9.17) is 20.2 Å². The van der Waals surface area contributed by atoms with Crippen molar-refractivity contribution in [1.82, 2.24) is 5.32 Å². The van der Waals surface area contributed by atoms with Crippen molar-refractivity contribution in [3.63, 3.8) is 0 Å². The molecule has 1 spiro atoms. The van der Waals surface area contributed by atoms with Gasteiger partial charge in [-0.05, 0) is 166 Å². The highest BCUT2D eigenvalue weighted by atomic mass is 16.5. The second-order valence-electron chi connectivity index (χ2n) is 22.7. The maximum Gasteiger partial charge on any atom is 0.189 e. The number of hydrogen-bond donors (Lipinski definition) is 4. The molecule has 1 aliphatic heterocycles. The molecular formula is C62H79N3O5. The summed E-state index contributed by atoms with van der Waals surface area (Å²) in [5, 5.41) is 28.7. The number of nitrogens with zero attached hydrogens (tertiary/aromatic N) is 1. The van der Waals surface area contributed by atoms with Gasteiger partial charge in [0.25, 0.3) is 0 Å². The van der Waals surface area contributed by atoms with Crippen molar-refractivity contribution in [2.45, 2.75) is 197 Å². The van der Waals surface area contributed by atoms with E-state index in [-0.39, 0.29) is 64.9 Å². The second-order valence-corrected chi connectivity index (χ2v) is 22.7. The van der Waals surface area contributed by atoms with Crippen LogP contribution >= 0.6 is 0 Å². The van der Waals surface area contributed by atoms with E-state index >= 15 is 0 Å². The SMILES string of the molecule is CCCC=CC(=O)CCc1cc(OC2CCCC2)c(O)c2c1C#CCC1CC3C=C4C(CC(C)CC4C2C3COC2CCCCC2)c2cc(O)cc(c2)Cc2cccc(c2)C2(CCCCC2)NC(N)=N1. The number of ether oxygens (including phenoxy) is 2. The number of guanidine groups is 1. The summed E-state index contributed by atoms with van der Waals surface area (Å²) < 4.78 is 14.1. The average Bonchev–Trinajstić information content (AvgIpc) is 3.87. The van der Waals surface area contributed by atoms with E-state index in [0.29, 0.717) is 55.7 Å². The van der Waals surface area contributed by atoms with Gasteiger partial charge in [-0.2, -0.15) is 0 Å². The molecule has 7 unspecified atom stereocenters. The summed E-state index contributed by atoms with van der Waals surface area (Å²) in [4.78, 5) is 19.0. The molecule has 0 aromatic heterocycles. The number of phenols is 2. The lowest BCUT2D eigenvalue weighted by Gasteiger charge is -2.50. The number of unbranched alkanes of at least 4 members (excludes halogenated alkanes) is 1. The summed E-state index contributed by atoms with van der Waals surface area (Å²) >= 11 is 0. The molecule has 70 heavy (non-hydrogen) atoms. The zero-order valence-electron chi connectivity index (χ0n) is 42.2. The minimum absolute atomic E-state index is 0.000709. The van der Waals surface area contributed by atoms with Crippen LogP contribution in [0.3, 0.4) is 0 Å². The van der Waals surface area contributed by atoms with E-state index in [2.05, 4.69) is 67.4 Å². The number of ketones is 1. The minimum Gasteiger partial charge on any atom is -0.508 e. The summed E-state index contributed by atoms with van der Waals surface area (Å²) in [5.41, 5.74) is 15.6. The Morgan fingerprint density at radius 1 is 0.929 bits per heavy atom. The first-order valence-corrected chi connectivity index (χ1v) is 27.7. The first-order valence-electron chi connectivity index (χ1n) is 27.7. The number of carbonyl (C=O) groups excluding carboxylic acids is 1. The van der Waals surface area contributed by atoms with Gasteiger partial charge >= 0.3 is 0 Å². The number of nitrogens with one attached hydrogen (secondary N) is 1. The molecular weight excluding hydrogens is 867 g/mol. The Hall–Kier alpha value is -5.00. The lowest BCUT2D eigenvalue weighted by atomic mass is 9.55. The van der Waals surface area contributed by atoms with Gasteiger partial charge < -0.3 is 30.7 Å². The molecule has 6 aliphatic carbocycles. The molecule has 0 saturated heterocycles. The first kappa shape index (κ1) is 48.6. The number of rotatable bonds is 11. The van der Waals surface area contributed by atoms with Crippen molar-refractivity contribution in [2.75, 3.05) is 6.61 Å². The molecule has 372 valence electrons. The summed E-state index contributed by atoms with van der Waals surface area (Å²) in [5.74, 6) is 9.37. The van der Waals surface area contributed by atoms with Crippen LogP contribution in [-0.2, 0) is 27.9 Å². The summed E-state index contributed by atoms with van der Waals surface area (Å²) in [6.45, 7) is 5.08. The van der Waals surface area contributed by atoms with Crippen LogP contribution in [0, 0.1) is 35.5 Å². The second kappa shape index (κ2) is 21.8. The number of hydrogen-bond acceptors (Lipinski definition) is 8. The molecule has 4 fully saturated rings. The Balaban J connectivity index is 1.19. The van der Waals surface area contributed by atoms with Gasteiger partial charge in [0.2, 0.25) is 0 Å². The maximum absolute atomic E-state index is 13.5. The molecule has 0 amide bonds. The zero-order chi connectivity index (χ0) is 48.2. The first-order chi connectivity index (χ1) is 34.1. The van der Waals surface area contributed by atoms with E-state index in [1.807, 2.05) is 24.3 Å². The molecule has 3 aromatic carbocycles. The molecule has 8 nitrogen and oxygen atoms in total. The summed E-state index contributed by atoms with van der Waals surface area (Å²) in [6.07, 6.45) is 28.4. The number of nitrogens with two attached hydrogens (primary N) is 1. The Morgan fingerprint density at radius 2 is 1.71 bits per heavy atom. The number of aromatic hydroxyl groups is 2. The number of carbonyl (C=O) groups is 1. The molecule has 10 rings (SSSR count). The Kier molecular flexibility index (Phi) is 15.1. The van der Waals surface area contributed by atoms with Gasteiger partial charge in [-0.3, -0.25) is 4.79 Å². The average molecular weight is 946 g/mol. The fraction of sp³-hybridized carbons (Fsp3) is 0.581. The number of allylic oxidation sites excluding steroid dienone is 4. The third-order valence-corrected chi connectivity index (χ3v) is 17.5. The van der Waals surface area contributed by atoms with Gasteiger partial charge in [-0.1, -0.05) is 119 Å². The van der Waals surface area contributed by atoms with E-state index in [9.17, 15) is 15.0 Å². The Labute approximate surface area is 418 Å². The smallest absolute Gasteiger partial charge is 0.189 e. The topological polar surface area (TPSA) is 126 Å². The maximum atomic E-state index is 13.5. The third-order valence-electron chi connectivity index (χ3n) is 17.5. The highest BCUT2D eigenvalue weighted by Crippen LogP contribution is 2.60. The summed E-state index contributed by atoms with van der Waals surface area (Å²) in [6, 6.07) is 17.2. The van der Waals surface area contributed by atoms with Crippen molar-refractivity contribution >= 4 is 11.7 Å². The molecule has 1 heterocycles. The minimum atomic E-state index is -0.346. The van der Waals surface area contributed by atoms with Crippen LogP contribution < -0.4 is 15.8 Å². The van der Waals surface area contributed by atoms with Crippen molar-refractivity contribution in [2.24, 2.45) is 34.4 Å². The van der Waals surface area contributed by atoms with Crippen LogP contribution in [0.2, 0.25) is 0 Å². The number of fused-ring (bicyclic) bond motifs is 11. The lowest BCUT2D eigenvalue weighted by molar-refractivity contribution is -0.114. The molecule has 5 N–H and O–H groups in total. The van der Waals surface area contributed by atoms with Gasteiger partial charge in [0, 0.05) is 35.8 Å². The highest BCUT2D eigenvalue weighted by molar-refractivity contribution is 5.89. The molecule has 8 bridgehead atoms. The van der Waals surface area contributed by atoms with Crippen molar-refractivity contribution in [3.8, 4) is 29.1 Å². The van der Waals surface area contributed by atoms with Crippen LogP contribution in [0.25, 0.3) is 0 Å². The normalized spacial score (nSPS) is 27.7. The van der Waals surface area contributed by atoms with E-state index < -0.39 is 0 Å². The quantitative estimate of drug-likeness (QED) is 0.0857. The monoisotopic (exact) mass is 946 g/mol. The predicted molar refractivity (Wildman–Crippen MR) is 280 cm³/mol. The zero-order valence-corrected chi connectivity index (χ0v) is 42.2. The number of benzene rings is 3. The standard InChI is InChI=1S/C62H79N3O5/c1-3-4-7-19-48(66)26-25-43-38-57(70-51-22-10-11-23-51)60(68)59-52(43)24-15-18-47-35-45-37-54-53(29-40(2)30-55(54)58(59)56(45)39-69-50-20-8-5-9-21-50)44-32-42(34-49(67)36-44)31-41-16-14-17-46(33-41)62(65-61(63)64-47)27-12-6-13-28-62/h7,14,16-17,19,32-34,36-38,40,45,47,50-51,53,55-56,58,67-68H,3-6,8-13,18,20-23,25-31,35,39H2,1-2H3,(H3,63,64,65). The lowest BCUT2D eigenvalue weighted by Crippen LogP contribution is -2.50. The number of aliphatic imine (C=N–C) groups is 1. The molecule has 7 atom stereocenters. The largest absolute Gasteiger partial charge is 0.508 e. The molecule has 3 aromatic rings. The van der Waals surface area contributed by atoms with E-state index in [1.54, 1.807) is 6.08 Å². The van der Waals surface area contributed by atoms with Gasteiger partial charge in [0.15, 0.2) is 23.2 Å². The molecule has 0 radical (unpaired) electrons. The number of aryl methyl sites for hydroxylation is 1. The van der Waals surface area contributed by atoms with E-state index in [0.717, 1.165) is 124 Å². The molecule has 4 saturated carbocycles. The van der Waals surface area contributed by atoms with Crippen LogP contribution in [0.5, 0.6) is 17.2 Å². The van der Waals surface area contributed by atoms with Crippen molar-refractivity contribution < 1.29 is 24.5 Å². The van der Waals surface area contributed by atoms with Gasteiger partial charge in [-0.15, -0.1) is 0 Å². The fourth-order valence-corrected chi connectivity index (χ4v) is 14.2. The predicted octanol–water partition coefficient (Wildman–Crippen LogP) is 12.9. The van der Waals surface area contributed by atoms with Crippen LogP contribution in [0.4, 0.5) is 0 Å². The van der Waals surface area contributed by atoms with Gasteiger partial charge in [0.1, 0.15) is 5.75 Å². The van der Waals surface area contributed by atoms with Gasteiger partial charge in [0.05, 0.1) is 30.4 Å². The molecule has 7 aliphatic rings. The van der Waals surface area contributed by atoms with Crippen LogP contribution in [-0.4, -0.2) is 46.8 Å². The third kappa shape index (κ3) is 10.8. The Bertz CT molecular complexity index is 2510. The molecule has 8 heteroatoms. The summed E-state index contributed by atoms with van der Waals surface area (Å²) in [7, 11) is 0. The number of phenolic OH excluding ortho intramolecular Hbond substituents is 2. The van der Waals surface area contributed by atoms with Gasteiger partial charge in [-0.25, -0.2) is 4.99 Å². The van der Waals surface area contributed by atoms with Crippen molar-refractivity contribution in [1.29, 1.82) is 0 Å². The van der Waals surface area contributed by atoms with Crippen LogP contribution in [0.15, 0.2) is 77.3 Å². The highest BCUT2D eigenvalue weighted by Gasteiger charge is 2.49. The van der Waals surface area contributed by atoms with Crippen molar-refractivity contribution in [3.05, 3.63) is 111 Å². The van der Waals surface area contributed by atoms with Crippen LogP contribution in [0.1, 0.15) is 199 Å². The Morgan fingerprint density at radius 3 is 2.53 bits per heavy atom. The van der Waals surface area contributed by atoms with E-state index in [1.165, 1.54) is 42.4 Å².